The van der Waals surface area contributed by atoms with Gasteiger partial charge in [0.15, 0.2) is 23.7 Å². The summed E-state index contributed by atoms with van der Waals surface area (Å²) in [6.45, 7) is 17.5. The van der Waals surface area contributed by atoms with Crippen molar-refractivity contribution in [2.45, 2.75) is 234 Å². The van der Waals surface area contributed by atoms with E-state index < -0.39 is 102 Å². The molecule has 4 N–H and O–H groups in total. The Morgan fingerprint density at radius 3 is 2.09 bits per heavy atom. The summed E-state index contributed by atoms with van der Waals surface area (Å²) in [5, 5.41) is 44.3. The van der Waals surface area contributed by atoms with E-state index in [-0.39, 0.29) is 60.8 Å². The standard InChI is InChI=1S/C47H80O17/c1-23-18-24(2)45(9,51)61-36(23)31-19-32(58-35-20-30(53-10)40(55-12)28(6)57-35)42(59-31)44(8)15-14-33(60-44)43(7)16-17-46(64-43)21-29(48)25(3)37(62-46)26(4)38-41(56-13)39(54-11)27(5)47(52,63-38)22-34(49)50/h23-33,35-42,48,51-52H,14-22H2,1-13H3,(H,49,50)/t23-,24+,25-,26+,27+,28+,29+,30+,31-,32+,33+,35-,36-,37+,38+,39+,40+,41+,42-,43-,44-,45-,46+,47-/m0/s1. The predicted molar refractivity (Wildman–Crippen MR) is 228 cm³/mol. The van der Waals surface area contributed by atoms with Gasteiger partial charge in [-0.1, -0.05) is 34.6 Å². The van der Waals surface area contributed by atoms with Gasteiger partial charge >= 0.3 is 5.97 Å². The molecular formula is C47H80O17. The summed E-state index contributed by atoms with van der Waals surface area (Å²) in [7, 11) is 6.37. The number of carboxylic acids is 1. The second kappa shape index (κ2) is 19.0. The summed E-state index contributed by atoms with van der Waals surface area (Å²) in [5.41, 5.74) is -1.60. The van der Waals surface area contributed by atoms with E-state index in [9.17, 15) is 25.2 Å². The normalized spacial score (nSPS) is 54.1. The van der Waals surface area contributed by atoms with E-state index in [4.69, 9.17) is 56.8 Å². The molecule has 0 bridgehead atoms. The molecule has 17 nitrogen and oxygen atoms in total. The fraction of sp³-hybridized carbons (Fsp3) is 0.979. The molecule has 7 aliphatic rings. The Bertz CT molecular complexity index is 1600. The first kappa shape index (κ1) is 50.7. The number of hydrogen-bond donors (Lipinski definition) is 4. The first-order valence-electron chi connectivity index (χ1n) is 23.8. The van der Waals surface area contributed by atoms with E-state index in [1.165, 1.54) is 14.2 Å². The Kier molecular flexibility index (Phi) is 15.1. The van der Waals surface area contributed by atoms with Crippen molar-refractivity contribution in [3.8, 4) is 0 Å². The van der Waals surface area contributed by atoms with Crippen LogP contribution in [-0.2, 0) is 61.6 Å². The van der Waals surface area contributed by atoms with Crippen molar-refractivity contribution in [2.75, 3.05) is 28.4 Å². The molecule has 17 heteroatoms. The van der Waals surface area contributed by atoms with Crippen LogP contribution in [0.15, 0.2) is 0 Å². The second-order valence-corrected chi connectivity index (χ2v) is 21.3. The van der Waals surface area contributed by atoms with E-state index >= 15 is 0 Å². The average Bonchev–Trinajstić information content (AvgIpc) is 3.94. The number of ether oxygens (including phenoxy) is 12. The Hall–Kier alpha value is -1.13. The van der Waals surface area contributed by atoms with E-state index in [2.05, 4.69) is 13.8 Å². The fourth-order valence-electron chi connectivity index (χ4n) is 12.7. The number of hydrogen-bond acceptors (Lipinski definition) is 16. The maximum absolute atomic E-state index is 11.9. The lowest BCUT2D eigenvalue weighted by atomic mass is 9.75. The highest BCUT2D eigenvalue weighted by Crippen LogP contribution is 2.55. The van der Waals surface area contributed by atoms with Gasteiger partial charge in [0, 0.05) is 77.8 Å². The maximum Gasteiger partial charge on any atom is 0.308 e. The van der Waals surface area contributed by atoms with Gasteiger partial charge in [0.05, 0.1) is 78.7 Å². The van der Waals surface area contributed by atoms with Crippen molar-refractivity contribution in [3.05, 3.63) is 0 Å². The number of carboxylic acid groups (broad SMARTS) is 1. The third-order valence-electron chi connectivity index (χ3n) is 16.8. The summed E-state index contributed by atoms with van der Waals surface area (Å²) in [5.74, 6) is -7.18. The van der Waals surface area contributed by atoms with Crippen LogP contribution < -0.4 is 0 Å². The molecule has 7 aliphatic heterocycles. The van der Waals surface area contributed by atoms with Crippen molar-refractivity contribution in [1.29, 1.82) is 0 Å². The van der Waals surface area contributed by atoms with Crippen LogP contribution in [0.25, 0.3) is 0 Å². The van der Waals surface area contributed by atoms with Crippen LogP contribution in [0.5, 0.6) is 0 Å². The van der Waals surface area contributed by atoms with Crippen molar-refractivity contribution < 1.29 is 82.1 Å². The molecule has 1 spiro atoms. The minimum Gasteiger partial charge on any atom is -0.481 e. The molecule has 0 saturated carbocycles. The number of aliphatic hydroxyl groups excluding tert-OH is 1. The Morgan fingerprint density at radius 1 is 0.766 bits per heavy atom. The van der Waals surface area contributed by atoms with Gasteiger partial charge in [0.2, 0.25) is 0 Å². The molecule has 370 valence electrons. The smallest absolute Gasteiger partial charge is 0.308 e. The van der Waals surface area contributed by atoms with Crippen LogP contribution in [0.3, 0.4) is 0 Å². The molecule has 0 unspecified atom stereocenters. The molecule has 0 aromatic heterocycles. The quantitative estimate of drug-likeness (QED) is 0.203. The molecule has 64 heavy (non-hydrogen) atoms. The molecule has 0 aliphatic carbocycles. The first-order valence-corrected chi connectivity index (χ1v) is 23.8. The van der Waals surface area contributed by atoms with Crippen molar-refractivity contribution in [2.24, 2.45) is 29.6 Å². The molecule has 0 amide bonds. The minimum absolute atomic E-state index is 0.0406. The molecule has 7 fully saturated rings. The summed E-state index contributed by atoms with van der Waals surface area (Å²) in [6, 6.07) is 0. The van der Waals surface area contributed by atoms with Crippen molar-refractivity contribution in [3.63, 3.8) is 0 Å². The lowest BCUT2D eigenvalue weighted by molar-refractivity contribution is -0.365. The Labute approximate surface area is 379 Å². The highest BCUT2D eigenvalue weighted by molar-refractivity contribution is 5.68. The molecular weight excluding hydrogens is 837 g/mol. The van der Waals surface area contributed by atoms with Crippen LogP contribution in [0.1, 0.15) is 120 Å². The summed E-state index contributed by atoms with van der Waals surface area (Å²) < 4.78 is 77.6. The summed E-state index contributed by atoms with van der Waals surface area (Å²) in [6.07, 6.45) is -3.18. The van der Waals surface area contributed by atoms with Crippen LogP contribution in [0.4, 0.5) is 0 Å². The van der Waals surface area contributed by atoms with Gasteiger partial charge in [-0.05, 0) is 59.3 Å². The highest BCUT2D eigenvalue weighted by atomic mass is 16.7. The Balaban J connectivity index is 1.09. The lowest BCUT2D eigenvalue weighted by Crippen LogP contribution is -2.65. The first-order chi connectivity index (χ1) is 30.0. The fourth-order valence-corrected chi connectivity index (χ4v) is 12.7. The molecule has 0 aromatic carbocycles. The van der Waals surface area contributed by atoms with E-state index in [0.717, 1.165) is 6.42 Å². The number of aliphatic carboxylic acids is 1. The number of methoxy groups -OCH3 is 4. The predicted octanol–water partition coefficient (Wildman–Crippen LogP) is 4.32. The molecule has 0 radical (unpaired) electrons. The van der Waals surface area contributed by atoms with Crippen LogP contribution in [-0.4, -0.2) is 169 Å². The molecule has 7 rings (SSSR count). The zero-order chi connectivity index (χ0) is 46.9. The third-order valence-corrected chi connectivity index (χ3v) is 16.8. The van der Waals surface area contributed by atoms with E-state index in [0.29, 0.717) is 38.5 Å². The monoisotopic (exact) mass is 917 g/mol. The van der Waals surface area contributed by atoms with Crippen molar-refractivity contribution in [1.82, 2.24) is 0 Å². The van der Waals surface area contributed by atoms with E-state index in [1.54, 1.807) is 28.1 Å². The number of rotatable bonds is 13. The molecule has 24 atom stereocenters. The average molecular weight is 917 g/mol. The van der Waals surface area contributed by atoms with Gasteiger partial charge in [-0.15, -0.1) is 0 Å². The van der Waals surface area contributed by atoms with Gasteiger partial charge in [0.1, 0.15) is 18.3 Å². The largest absolute Gasteiger partial charge is 0.481 e. The maximum atomic E-state index is 11.9. The van der Waals surface area contributed by atoms with Gasteiger partial charge < -0.3 is 77.3 Å². The Morgan fingerprint density at radius 2 is 1.45 bits per heavy atom. The highest BCUT2D eigenvalue weighted by Gasteiger charge is 2.64. The lowest BCUT2D eigenvalue weighted by Gasteiger charge is -2.53. The number of carbonyl (C=O) groups is 1. The van der Waals surface area contributed by atoms with Crippen LogP contribution >= 0.6 is 0 Å². The van der Waals surface area contributed by atoms with Gasteiger partial charge in [-0.3, -0.25) is 4.79 Å². The van der Waals surface area contributed by atoms with Gasteiger partial charge in [-0.25, -0.2) is 0 Å². The zero-order valence-electron chi connectivity index (χ0n) is 40.4. The van der Waals surface area contributed by atoms with Gasteiger partial charge in [-0.2, -0.15) is 0 Å². The summed E-state index contributed by atoms with van der Waals surface area (Å²) in [4.78, 5) is 11.9. The molecule has 0 aromatic rings. The summed E-state index contributed by atoms with van der Waals surface area (Å²) >= 11 is 0. The van der Waals surface area contributed by atoms with Crippen LogP contribution in [0.2, 0.25) is 0 Å². The SMILES string of the molecule is CO[C@@H]1[C@@H]([C@H](C)[C@@H]2O[C@@]3(CC[C@@](C)([C@H]4CC[C@@](C)([C@H]5O[C@H]([C@H]6O[C@](C)(O)[C@H](C)C[C@@H]6C)C[C@H]5O[C@H]5C[C@@H](OC)[C@H](OC)[C@@H](C)O5)O4)O3)C[C@@H](O)[C@@H]2C)O[C@@](O)(CC(=O)O)[C@H](C)[C@H]1OC. The van der Waals surface area contributed by atoms with Gasteiger partial charge in [0.25, 0.3) is 0 Å². The molecule has 7 saturated heterocycles. The van der Waals surface area contributed by atoms with Crippen molar-refractivity contribution >= 4 is 5.97 Å². The minimum atomic E-state index is -2.03. The van der Waals surface area contributed by atoms with E-state index in [1.807, 2.05) is 34.6 Å². The topological polar surface area (TPSA) is 209 Å². The third kappa shape index (κ3) is 9.46. The zero-order valence-corrected chi connectivity index (χ0v) is 40.4. The van der Waals surface area contributed by atoms with Crippen LogP contribution in [0, 0.1) is 29.6 Å². The number of aliphatic hydroxyl groups is 3. The molecule has 7 heterocycles. The second-order valence-electron chi connectivity index (χ2n) is 21.3.